The molecule has 2 heterocycles. The van der Waals surface area contributed by atoms with E-state index in [-0.39, 0.29) is 35.6 Å². The fourth-order valence-electron chi connectivity index (χ4n) is 4.73. The molecule has 0 radical (unpaired) electrons. The molecule has 3 atom stereocenters. The van der Waals surface area contributed by atoms with E-state index in [0.29, 0.717) is 38.5 Å². The third-order valence-electron chi connectivity index (χ3n) is 7.09. The van der Waals surface area contributed by atoms with Crippen LogP contribution in [0.4, 0.5) is 18.9 Å². The number of alkyl halides is 3. The summed E-state index contributed by atoms with van der Waals surface area (Å²) in [4.78, 5) is 4.53. The lowest BCUT2D eigenvalue weighted by Gasteiger charge is -2.45. The highest BCUT2D eigenvalue weighted by molar-refractivity contribution is 7.89. The number of nitrogens with zero attached hydrogens (tertiary/aromatic N) is 3. The lowest BCUT2D eigenvalue weighted by molar-refractivity contribution is -0.258. The Morgan fingerprint density at radius 2 is 1.69 bits per heavy atom. The molecule has 11 heteroatoms. The Bertz CT molecular complexity index is 1130. The van der Waals surface area contributed by atoms with Gasteiger partial charge >= 0.3 is 6.18 Å². The molecule has 0 spiro atoms. The maximum Gasteiger partial charge on any atom is 0.421 e. The van der Waals surface area contributed by atoms with Crippen molar-refractivity contribution in [1.29, 1.82) is 0 Å². The van der Waals surface area contributed by atoms with Crippen molar-refractivity contribution in [2.75, 3.05) is 50.8 Å². The van der Waals surface area contributed by atoms with Crippen LogP contribution in [0.15, 0.2) is 59.5 Å². The number of hydrogen-bond donors (Lipinski definition) is 1. The molecule has 36 heavy (non-hydrogen) atoms. The molecule has 1 N–H and O–H groups in total. The van der Waals surface area contributed by atoms with Gasteiger partial charge < -0.3 is 14.7 Å². The van der Waals surface area contributed by atoms with Gasteiger partial charge in [-0.3, -0.25) is 4.90 Å². The van der Waals surface area contributed by atoms with Gasteiger partial charge in [0.25, 0.3) is 0 Å². The van der Waals surface area contributed by atoms with E-state index in [0.717, 1.165) is 6.92 Å². The summed E-state index contributed by atoms with van der Waals surface area (Å²) in [5.41, 5.74) is -2.53. The lowest BCUT2D eigenvalue weighted by Crippen LogP contribution is -2.60. The fraction of sp³-hybridized carbons (Fsp3) is 0.520. The van der Waals surface area contributed by atoms with Gasteiger partial charge in [-0.25, -0.2) is 8.42 Å². The molecule has 2 aromatic carbocycles. The number of anilines is 1. The second-order valence-corrected chi connectivity index (χ2v) is 11.5. The smallest absolute Gasteiger partial charge is 0.379 e. The minimum absolute atomic E-state index is 0.158. The number of sulfonamides is 1. The molecule has 2 fully saturated rings. The van der Waals surface area contributed by atoms with E-state index in [9.17, 15) is 26.7 Å². The van der Waals surface area contributed by atoms with E-state index in [2.05, 4.69) is 11.8 Å². The summed E-state index contributed by atoms with van der Waals surface area (Å²) in [5.74, 6) is 0. The van der Waals surface area contributed by atoms with E-state index in [4.69, 9.17) is 4.74 Å². The molecule has 2 aliphatic rings. The number of halogens is 3. The first-order chi connectivity index (χ1) is 16.9. The van der Waals surface area contributed by atoms with Crippen LogP contribution in [0.5, 0.6) is 0 Å². The number of rotatable bonds is 6. The predicted molar refractivity (Wildman–Crippen MR) is 130 cm³/mol. The maximum absolute atomic E-state index is 13.3. The standard InChI is InChI=1S/C25H32F3N3O4S/c1-19-18-35-15-14-29(19)16-22-17-30(36(33,34)23-6-4-3-5-7-23)12-13-31(22)21-10-8-20(9-11-21)24(2,32)25(26,27)28/h3-11,19,22,32H,12-18H2,1-2H3/t19-,22-,24-/m0/s1. The van der Waals surface area contributed by atoms with E-state index < -0.39 is 21.8 Å². The molecule has 198 valence electrons. The van der Waals surface area contributed by atoms with Crippen LogP contribution >= 0.6 is 0 Å². The highest BCUT2D eigenvalue weighted by atomic mass is 32.2. The van der Waals surface area contributed by atoms with Crippen LogP contribution < -0.4 is 4.90 Å². The molecule has 0 saturated carbocycles. The largest absolute Gasteiger partial charge is 0.421 e. The van der Waals surface area contributed by atoms with Crippen molar-refractivity contribution in [3.05, 3.63) is 60.2 Å². The number of morpholine rings is 1. The zero-order valence-electron chi connectivity index (χ0n) is 20.4. The molecule has 0 bridgehead atoms. The Labute approximate surface area is 210 Å². The van der Waals surface area contributed by atoms with Crippen molar-refractivity contribution < 1.29 is 31.4 Å². The predicted octanol–water partition coefficient (Wildman–Crippen LogP) is 3.06. The molecular weight excluding hydrogens is 495 g/mol. The van der Waals surface area contributed by atoms with E-state index >= 15 is 0 Å². The molecule has 0 unspecified atom stereocenters. The van der Waals surface area contributed by atoms with Crippen LogP contribution in [-0.2, 0) is 20.4 Å². The molecule has 0 amide bonds. The van der Waals surface area contributed by atoms with E-state index in [1.165, 1.54) is 16.4 Å². The molecular formula is C25H32F3N3O4S. The van der Waals surface area contributed by atoms with Crippen molar-refractivity contribution >= 4 is 15.7 Å². The fourth-order valence-corrected chi connectivity index (χ4v) is 6.22. The number of aliphatic hydroxyl groups is 1. The summed E-state index contributed by atoms with van der Waals surface area (Å²) in [5, 5.41) is 10.0. The third-order valence-corrected chi connectivity index (χ3v) is 8.97. The minimum atomic E-state index is -4.80. The summed E-state index contributed by atoms with van der Waals surface area (Å²) >= 11 is 0. The summed E-state index contributed by atoms with van der Waals surface area (Å²) in [6.45, 7) is 6.11. The van der Waals surface area contributed by atoms with Gasteiger partial charge in [-0.15, -0.1) is 0 Å². The van der Waals surface area contributed by atoms with Gasteiger partial charge in [0, 0.05) is 44.5 Å². The molecule has 0 aliphatic carbocycles. The lowest BCUT2D eigenvalue weighted by atomic mass is 9.95. The molecule has 2 aliphatic heterocycles. The van der Waals surface area contributed by atoms with Crippen molar-refractivity contribution in [3.8, 4) is 0 Å². The zero-order valence-corrected chi connectivity index (χ0v) is 21.2. The molecule has 2 aromatic rings. The number of benzene rings is 2. The average molecular weight is 528 g/mol. The van der Waals surface area contributed by atoms with Gasteiger partial charge in [0.05, 0.1) is 24.2 Å². The van der Waals surface area contributed by atoms with Gasteiger partial charge in [-0.1, -0.05) is 30.3 Å². The zero-order chi connectivity index (χ0) is 26.1. The Morgan fingerprint density at radius 1 is 1.03 bits per heavy atom. The van der Waals surface area contributed by atoms with Crippen LogP contribution in [0, 0.1) is 0 Å². The second-order valence-electron chi connectivity index (χ2n) is 9.56. The molecule has 7 nitrogen and oxygen atoms in total. The third kappa shape index (κ3) is 5.40. The molecule has 0 aromatic heterocycles. The summed E-state index contributed by atoms with van der Waals surface area (Å²) in [6.07, 6.45) is -4.80. The normalized spacial score (nSPS) is 24.4. The number of hydrogen-bond acceptors (Lipinski definition) is 6. The monoisotopic (exact) mass is 527 g/mol. The van der Waals surface area contributed by atoms with Crippen molar-refractivity contribution in [2.45, 2.75) is 42.6 Å². The van der Waals surface area contributed by atoms with Crippen LogP contribution in [-0.4, -0.2) is 86.9 Å². The maximum atomic E-state index is 13.3. The van der Waals surface area contributed by atoms with Crippen LogP contribution in [0.25, 0.3) is 0 Å². The van der Waals surface area contributed by atoms with E-state index in [1.54, 1.807) is 42.5 Å². The quantitative estimate of drug-likeness (QED) is 0.623. The van der Waals surface area contributed by atoms with Gasteiger partial charge in [0.2, 0.25) is 10.0 Å². The Balaban J connectivity index is 1.61. The molecule has 4 rings (SSSR count). The first kappa shape index (κ1) is 26.9. The highest BCUT2D eigenvalue weighted by Crippen LogP contribution is 2.39. The van der Waals surface area contributed by atoms with Gasteiger partial charge in [-0.2, -0.15) is 17.5 Å². The first-order valence-electron chi connectivity index (χ1n) is 11.9. The van der Waals surface area contributed by atoms with Gasteiger partial charge in [0.1, 0.15) is 0 Å². The van der Waals surface area contributed by atoms with Gasteiger partial charge in [-0.05, 0) is 43.7 Å². The van der Waals surface area contributed by atoms with Crippen molar-refractivity contribution in [2.24, 2.45) is 0 Å². The second kappa shape index (κ2) is 10.3. The first-order valence-corrected chi connectivity index (χ1v) is 13.4. The van der Waals surface area contributed by atoms with Crippen LogP contribution in [0.2, 0.25) is 0 Å². The number of piperazine rings is 1. The topological polar surface area (TPSA) is 73.3 Å². The van der Waals surface area contributed by atoms with Crippen LogP contribution in [0.3, 0.4) is 0 Å². The summed E-state index contributed by atoms with van der Waals surface area (Å²) in [6, 6.07) is 13.9. The Hall–Kier alpha value is -2.18. The van der Waals surface area contributed by atoms with Crippen molar-refractivity contribution in [1.82, 2.24) is 9.21 Å². The SMILES string of the molecule is C[C@H]1COCCN1C[C@H]1CN(S(=O)(=O)c2ccccc2)CCN1c1ccc([C@](C)(O)C(F)(F)F)cc1. The average Bonchev–Trinajstić information content (AvgIpc) is 2.85. The van der Waals surface area contributed by atoms with E-state index in [1.807, 2.05) is 4.90 Å². The summed E-state index contributed by atoms with van der Waals surface area (Å²) in [7, 11) is -3.69. The van der Waals surface area contributed by atoms with Gasteiger partial charge in [0.15, 0.2) is 5.60 Å². The Kier molecular flexibility index (Phi) is 7.68. The highest BCUT2D eigenvalue weighted by Gasteiger charge is 2.51. The van der Waals surface area contributed by atoms with Crippen molar-refractivity contribution in [3.63, 3.8) is 0 Å². The Morgan fingerprint density at radius 3 is 2.31 bits per heavy atom. The number of ether oxygens (including phenoxy) is 1. The molecule has 2 saturated heterocycles. The summed E-state index contributed by atoms with van der Waals surface area (Å²) < 4.78 is 73.5. The minimum Gasteiger partial charge on any atom is -0.379 e. The van der Waals surface area contributed by atoms with Crippen LogP contribution in [0.1, 0.15) is 19.4 Å².